The van der Waals surface area contributed by atoms with Gasteiger partial charge >= 0.3 is 12.0 Å². The second kappa shape index (κ2) is 6.03. The average Bonchev–Trinajstić information content (AvgIpc) is 2.78. The lowest BCUT2D eigenvalue weighted by molar-refractivity contribution is -0.139. The third kappa shape index (κ3) is 4.11. The number of nitrogens with one attached hydrogen (secondary N) is 1. The topological polar surface area (TPSA) is 78.9 Å². The molecule has 2 rings (SSSR count). The van der Waals surface area contributed by atoms with Crippen LogP contribution in [-0.2, 0) is 4.79 Å². The highest BCUT2D eigenvalue weighted by atomic mass is 16.5. The molecule has 1 aromatic carbocycles. The van der Waals surface area contributed by atoms with Crippen molar-refractivity contribution in [2.24, 2.45) is 5.41 Å². The summed E-state index contributed by atoms with van der Waals surface area (Å²) in [5, 5.41) is 11.4. The summed E-state index contributed by atoms with van der Waals surface area (Å²) in [4.78, 5) is 24.6. The minimum absolute atomic E-state index is 0.136. The zero-order valence-corrected chi connectivity index (χ0v) is 12.3. The summed E-state index contributed by atoms with van der Waals surface area (Å²) in [7, 11) is 0. The molecule has 1 saturated heterocycles. The summed E-state index contributed by atoms with van der Waals surface area (Å²) in [6.07, 6.45) is 0.970. The van der Waals surface area contributed by atoms with E-state index in [9.17, 15) is 9.59 Å². The molecule has 0 aromatic heterocycles. The smallest absolute Gasteiger partial charge is 0.341 e. The first-order chi connectivity index (χ1) is 9.87. The summed E-state index contributed by atoms with van der Waals surface area (Å²) in [5.41, 5.74) is 0.616. The zero-order chi connectivity index (χ0) is 15.5. The molecule has 0 bridgehead atoms. The van der Waals surface area contributed by atoms with Gasteiger partial charge in [-0.15, -0.1) is 0 Å². The SMILES string of the molecule is CC1(C)CCN(C(=O)Nc2ccccc2OCC(=O)O)C1. The molecule has 1 heterocycles. The van der Waals surface area contributed by atoms with Gasteiger partial charge in [-0.25, -0.2) is 9.59 Å². The Morgan fingerprint density at radius 1 is 1.38 bits per heavy atom. The lowest BCUT2D eigenvalue weighted by atomic mass is 9.93. The molecule has 0 radical (unpaired) electrons. The number of amides is 2. The lowest BCUT2D eigenvalue weighted by Crippen LogP contribution is -2.34. The van der Waals surface area contributed by atoms with E-state index in [1.165, 1.54) is 0 Å². The molecule has 6 nitrogen and oxygen atoms in total. The van der Waals surface area contributed by atoms with Crippen molar-refractivity contribution in [1.29, 1.82) is 0 Å². The van der Waals surface area contributed by atoms with Crippen LogP contribution in [0.15, 0.2) is 24.3 Å². The number of carbonyl (C=O) groups excluding carboxylic acids is 1. The van der Waals surface area contributed by atoms with Gasteiger partial charge in [-0.1, -0.05) is 26.0 Å². The zero-order valence-electron chi connectivity index (χ0n) is 12.3. The lowest BCUT2D eigenvalue weighted by Gasteiger charge is -2.21. The van der Waals surface area contributed by atoms with Gasteiger partial charge in [-0.3, -0.25) is 0 Å². The summed E-state index contributed by atoms with van der Waals surface area (Å²) < 4.78 is 5.17. The minimum Gasteiger partial charge on any atom is -0.480 e. The van der Waals surface area contributed by atoms with Crippen LogP contribution in [0.3, 0.4) is 0 Å². The molecule has 2 amide bonds. The van der Waals surface area contributed by atoms with Crippen molar-refractivity contribution < 1.29 is 19.4 Å². The number of carbonyl (C=O) groups is 2. The Morgan fingerprint density at radius 2 is 2.10 bits per heavy atom. The fourth-order valence-corrected chi connectivity index (χ4v) is 2.32. The number of anilines is 1. The maximum atomic E-state index is 12.2. The van der Waals surface area contributed by atoms with E-state index in [0.717, 1.165) is 13.0 Å². The van der Waals surface area contributed by atoms with Crippen LogP contribution in [0, 0.1) is 5.41 Å². The van der Waals surface area contributed by atoms with Crippen LogP contribution >= 0.6 is 0 Å². The molecular formula is C15H20N2O4. The number of nitrogens with zero attached hydrogens (tertiary/aromatic N) is 1. The summed E-state index contributed by atoms with van der Waals surface area (Å²) in [6.45, 7) is 5.24. The van der Waals surface area contributed by atoms with Crippen LogP contribution in [-0.4, -0.2) is 41.7 Å². The Bertz CT molecular complexity index is 542. The van der Waals surface area contributed by atoms with Crippen molar-refractivity contribution in [3.05, 3.63) is 24.3 Å². The van der Waals surface area contributed by atoms with Gasteiger partial charge in [0.1, 0.15) is 5.75 Å². The number of ether oxygens (including phenoxy) is 1. The van der Waals surface area contributed by atoms with Crippen molar-refractivity contribution in [2.45, 2.75) is 20.3 Å². The Balaban J connectivity index is 2.02. The Morgan fingerprint density at radius 3 is 2.71 bits per heavy atom. The van der Waals surface area contributed by atoms with E-state index in [1.54, 1.807) is 29.2 Å². The molecule has 6 heteroatoms. The van der Waals surface area contributed by atoms with E-state index in [4.69, 9.17) is 9.84 Å². The number of para-hydroxylation sites is 2. The highest BCUT2D eigenvalue weighted by Gasteiger charge is 2.32. The number of carboxylic acid groups (broad SMARTS) is 1. The summed E-state index contributed by atoms with van der Waals surface area (Å²) in [6, 6.07) is 6.62. The molecule has 1 aromatic rings. The van der Waals surface area contributed by atoms with Crippen molar-refractivity contribution >= 4 is 17.7 Å². The van der Waals surface area contributed by atoms with Crippen molar-refractivity contribution in [3.8, 4) is 5.75 Å². The quantitative estimate of drug-likeness (QED) is 0.893. The predicted octanol–water partition coefficient (Wildman–Crippen LogP) is 2.41. The molecule has 1 aliphatic heterocycles. The second-order valence-electron chi connectivity index (χ2n) is 5.94. The van der Waals surface area contributed by atoms with E-state index in [-0.39, 0.29) is 11.4 Å². The van der Waals surface area contributed by atoms with Crippen LogP contribution in [0.2, 0.25) is 0 Å². The molecule has 1 aliphatic rings. The third-order valence-corrected chi connectivity index (χ3v) is 3.44. The molecule has 114 valence electrons. The van der Waals surface area contributed by atoms with Gasteiger partial charge in [0.15, 0.2) is 6.61 Å². The number of carboxylic acids is 1. The first-order valence-electron chi connectivity index (χ1n) is 6.87. The van der Waals surface area contributed by atoms with Gasteiger partial charge in [0, 0.05) is 13.1 Å². The minimum atomic E-state index is -1.06. The Labute approximate surface area is 123 Å². The molecule has 0 saturated carbocycles. The van der Waals surface area contributed by atoms with Gasteiger partial charge < -0.3 is 20.1 Å². The number of aliphatic carboxylic acids is 1. The van der Waals surface area contributed by atoms with Crippen molar-refractivity contribution in [1.82, 2.24) is 4.90 Å². The maximum Gasteiger partial charge on any atom is 0.341 e. The molecule has 2 N–H and O–H groups in total. The number of urea groups is 1. The average molecular weight is 292 g/mol. The Hall–Kier alpha value is -2.24. The van der Waals surface area contributed by atoms with E-state index in [0.29, 0.717) is 18.0 Å². The number of hydrogen-bond acceptors (Lipinski definition) is 3. The second-order valence-corrected chi connectivity index (χ2v) is 5.94. The van der Waals surface area contributed by atoms with Crippen LogP contribution in [0.5, 0.6) is 5.75 Å². The third-order valence-electron chi connectivity index (χ3n) is 3.44. The van der Waals surface area contributed by atoms with Crippen molar-refractivity contribution in [2.75, 3.05) is 25.0 Å². The van der Waals surface area contributed by atoms with E-state index < -0.39 is 12.6 Å². The Kier molecular flexibility index (Phi) is 4.35. The summed E-state index contributed by atoms with van der Waals surface area (Å²) >= 11 is 0. The first kappa shape index (κ1) is 15.2. The van der Waals surface area contributed by atoms with Crippen molar-refractivity contribution in [3.63, 3.8) is 0 Å². The first-order valence-corrected chi connectivity index (χ1v) is 6.87. The van der Waals surface area contributed by atoms with Gasteiger partial charge in [0.25, 0.3) is 0 Å². The van der Waals surface area contributed by atoms with Gasteiger partial charge in [-0.05, 0) is 24.0 Å². The van der Waals surface area contributed by atoms with Crippen LogP contribution in [0.1, 0.15) is 20.3 Å². The summed E-state index contributed by atoms with van der Waals surface area (Å²) in [5.74, 6) is -0.705. The van der Waals surface area contributed by atoms with Crippen LogP contribution in [0.4, 0.5) is 10.5 Å². The molecule has 1 fully saturated rings. The fraction of sp³-hybridized carbons (Fsp3) is 0.467. The maximum absolute atomic E-state index is 12.2. The monoisotopic (exact) mass is 292 g/mol. The predicted molar refractivity (Wildman–Crippen MR) is 78.6 cm³/mol. The molecule has 0 aliphatic carbocycles. The van der Waals surface area contributed by atoms with Crippen LogP contribution in [0.25, 0.3) is 0 Å². The largest absolute Gasteiger partial charge is 0.480 e. The standard InChI is InChI=1S/C15H20N2O4/c1-15(2)7-8-17(10-15)14(20)16-11-5-3-4-6-12(11)21-9-13(18)19/h3-6H,7-10H2,1-2H3,(H,16,20)(H,18,19). The fourth-order valence-electron chi connectivity index (χ4n) is 2.32. The highest BCUT2D eigenvalue weighted by molar-refractivity contribution is 5.91. The number of likely N-dealkylation sites (tertiary alicyclic amines) is 1. The normalized spacial score (nSPS) is 16.6. The molecule has 0 spiro atoms. The van der Waals surface area contributed by atoms with Gasteiger partial charge in [0.05, 0.1) is 5.69 Å². The molecule has 0 unspecified atom stereocenters. The number of hydrogen-bond donors (Lipinski definition) is 2. The number of rotatable bonds is 4. The van der Waals surface area contributed by atoms with Gasteiger partial charge in [0.2, 0.25) is 0 Å². The molecular weight excluding hydrogens is 272 g/mol. The molecule has 21 heavy (non-hydrogen) atoms. The van der Waals surface area contributed by atoms with E-state index >= 15 is 0 Å². The van der Waals surface area contributed by atoms with E-state index in [2.05, 4.69) is 19.2 Å². The highest BCUT2D eigenvalue weighted by Crippen LogP contribution is 2.30. The van der Waals surface area contributed by atoms with Crippen LogP contribution < -0.4 is 10.1 Å². The molecule has 0 atom stereocenters. The van der Waals surface area contributed by atoms with E-state index in [1.807, 2.05) is 0 Å². The van der Waals surface area contributed by atoms with Gasteiger partial charge in [-0.2, -0.15) is 0 Å². The number of benzene rings is 1.